The standard InChI is InChI=1S/C19H22N2O/c1-4-14(3)21-18(15-11-9-13(2)10-12-15)20-17-8-6-5-7-16(17)19(21)22/h5-12,14,18,20H,4H2,1-3H3/t14-,18-/m1/s1. The van der Waals surface area contributed by atoms with E-state index in [1.165, 1.54) is 5.56 Å². The highest BCUT2D eigenvalue weighted by molar-refractivity contribution is 6.01. The van der Waals surface area contributed by atoms with E-state index in [9.17, 15) is 4.79 Å². The van der Waals surface area contributed by atoms with E-state index >= 15 is 0 Å². The summed E-state index contributed by atoms with van der Waals surface area (Å²) in [6.07, 6.45) is 0.816. The number of hydrogen-bond acceptors (Lipinski definition) is 2. The van der Waals surface area contributed by atoms with Gasteiger partial charge in [-0.15, -0.1) is 0 Å². The molecule has 0 bridgehead atoms. The van der Waals surface area contributed by atoms with Crippen molar-refractivity contribution in [3.63, 3.8) is 0 Å². The largest absolute Gasteiger partial charge is 0.361 e. The summed E-state index contributed by atoms with van der Waals surface area (Å²) in [4.78, 5) is 14.9. The summed E-state index contributed by atoms with van der Waals surface area (Å²) in [6, 6.07) is 16.3. The molecule has 0 spiro atoms. The molecule has 2 atom stereocenters. The van der Waals surface area contributed by atoms with Crippen LogP contribution in [0.15, 0.2) is 48.5 Å². The minimum atomic E-state index is -0.113. The van der Waals surface area contributed by atoms with Gasteiger partial charge in [-0.2, -0.15) is 0 Å². The third kappa shape index (κ3) is 2.47. The smallest absolute Gasteiger partial charge is 0.258 e. The van der Waals surface area contributed by atoms with Crippen LogP contribution in [-0.2, 0) is 0 Å². The van der Waals surface area contributed by atoms with Gasteiger partial charge in [0.05, 0.1) is 5.56 Å². The van der Waals surface area contributed by atoms with E-state index < -0.39 is 0 Å². The zero-order valence-corrected chi connectivity index (χ0v) is 13.3. The highest BCUT2D eigenvalue weighted by Crippen LogP contribution is 2.34. The molecule has 0 unspecified atom stereocenters. The first kappa shape index (κ1) is 14.6. The van der Waals surface area contributed by atoms with Crippen molar-refractivity contribution in [1.82, 2.24) is 4.90 Å². The van der Waals surface area contributed by atoms with Crippen LogP contribution in [0.5, 0.6) is 0 Å². The Morgan fingerprint density at radius 2 is 1.82 bits per heavy atom. The fourth-order valence-electron chi connectivity index (χ4n) is 2.91. The number of hydrogen-bond donors (Lipinski definition) is 1. The second kappa shape index (κ2) is 5.84. The van der Waals surface area contributed by atoms with Gasteiger partial charge in [0.2, 0.25) is 0 Å². The van der Waals surface area contributed by atoms with Crippen LogP contribution in [0.25, 0.3) is 0 Å². The first-order valence-electron chi connectivity index (χ1n) is 7.86. The van der Waals surface area contributed by atoms with E-state index in [-0.39, 0.29) is 18.1 Å². The zero-order valence-electron chi connectivity index (χ0n) is 13.3. The molecule has 1 N–H and O–H groups in total. The molecule has 0 saturated heterocycles. The molecule has 1 amide bonds. The van der Waals surface area contributed by atoms with E-state index in [4.69, 9.17) is 0 Å². The monoisotopic (exact) mass is 294 g/mol. The molecule has 0 radical (unpaired) electrons. The summed E-state index contributed by atoms with van der Waals surface area (Å²) >= 11 is 0. The number of carbonyl (C=O) groups excluding carboxylic acids is 1. The zero-order chi connectivity index (χ0) is 15.7. The first-order chi connectivity index (χ1) is 10.6. The van der Waals surface area contributed by atoms with Crippen LogP contribution >= 0.6 is 0 Å². The van der Waals surface area contributed by atoms with Crippen LogP contribution in [0, 0.1) is 6.92 Å². The molecule has 0 fully saturated rings. The second-order valence-corrected chi connectivity index (χ2v) is 5.97. The highest BCUT2D eigenvalue weighted by Gasteiger charge is 2.35. The molecule has 2 aromatic rings. The third-order valence-electron chi connectivity index (χ3n) is 4.42. The number of para-hydroxylation sites is 1. The predicted molar refractivity (Wildman–Crippen MR) is 89.9 cm³/mol. The van der Waals surface area contributed by atoms with Crippen LogP contribution in [-0.4, -0.2) is 16.8 Å². The second-order valence-electron chi connectivity index (χ2n) is 5.97. The van der Waals surface area contributed by atoms with E-state index in [0.29, 0.717) is 0 Å². The average Bonchev–Trinajstić information content (AvgIpc) is 2.55. The van der Waals surface area contributed by atoms with E-state index in [2.05, 4.69) is 50.4 Å². The Hall–Kier alpha value is -2.29. The molecule has 0 aliphatic carbocycles. The Bertz CT molecular complexity index is 678. The lowest BCUT2D eigenvalue weighted by Gasteiger charge is -2.41. The Morgan fingerprint density at radius 1 is 1.14 bits per heavy atom. The first-order valence-corrected chi connectivity index (χ1v) is 7.86. The van der Waals surface area contributed by atoms with Crippen molar-refractivity contribution in [2.24, 2.45) is 0 Å². The molecule has 1 aliphatic rings. The fraction of sp³-hybridized carbons (Fsp3) is 0.316. The molecule has 0 aromatic heterocycles. The molecular formula is C19H22N2O. The Morgan fingerprint density at radius 3 is 2.50 bits per heavy atom. The number of nitrogens with one attached hydrogen (secondary N) is 1. The van der Waals surface area contributed by atoms with Gasteiger partial charge in [-0.1, -0.05) is 48.9 Å². The van der Waals surface area contributed by atoms with Gasteiger partial charge in [-0.05, 0) is 38.0 Å². The van der Waals surface area contributed by atoms with Crippen molar-refractivity contribution < 1.29 is 4.79 Å². The van der Waals surface area contributed by atoms with Gasteiger partial charge in [0, 0.05) is 11.7 Å². The summed E-state index contributed by atoms with van der Waals surface area (Å²) in [7, 11) is 0. The molecule has 3 nitrogen and oxygen atoms in total. The number of amides is 1. The van der Waals surface area contributed by atoms with Gasteiger partial charge in [-0.3, -0.25) is 4.79 Å². The van der Waals surface area contributed by atoms with Crippen LogP contribution in [0.4, 0.5) is 5.69 Å². The maximum atomic E-state index is 13.0. The molecule has 1 aliphatic heterocycles. The van der Waals surface area contributed by atoms with Crippen LogP contribution < -0.4 is 5.32 Å². The predicted octanol–water partition coefficient (Wildman–Crippen LogP) is 4.36. The summed E-state index contributed by atoms with van der Waals surface area (Å²) in [6.45, 7) is 6.30. The quantitative estimate of drug-likeness (QED) is 0.912. The lowest BCUT2D eigenvalue weighted by Crippen LogP contribution is -2.47. The lowest BCUT2D eigenvalue weighted by molar-refractivity contribution is 0.0593. The maximum Gasteiger partial charge on any atom is 0.258 e. The number of nitrogens with zero attached hydrogens (tertiary/aromatic N) is 1. The molecule has 1 heterocycles. The number of fused-ring (bicyclic) bond motifs is 1. The number of rotatable bonds is 3. The summed E-state index contributed by atoms with van der Waals surface area (Å²) in [5, 5.41) is 3.53. The molecular weight excluding hydrogens is 272 g/mol. The van der Waals surface area contributed by atoms with Crippen LogP contribution in [0.1, 0.15) is 47.9 Å². The van der Waals surface area contributed by atoms with E-state index in [1.54, 1.807) is 0 Å². The minimum Gasteiger partial charge on any atom is -0.361 e. The Kier molecular flexibility index (Phi) is 3.88. The van der Waals surface area contributed by atoms with Crippen molar-refractivity contribution in [2.45, 2.75) is 39.4 Å². The normalized spacial score (nSPS) is 18.6. The molecule has 3 rings (SSSR count). The van der Waals surface area contributed by atoms with Crippen molar-refractivity contribution >= 4 is 11.6 Å². The fourth-order valence-corrected chi connectivity index (χ4v) is 2.91. The van der Waals surface area contributed by atoms with Crippen molar-refractivity contribution in [3.05, 3.63) is 65.2 Å². The summed E-state index contributed by atoms with van der Waals surface area (Å²) in [5.74, 6) is 0.106. The highest BCUT2D eigenvalue weighted by atomic mass is 16.2. The van der Waals surface area contributed by atoms with Crippen molar-refractivity contribution in [2.75, 3.05) is 5.32 Å². The summed E-state index contributed by atoms with van der Waals surface area (Å²) in [5.41, 5.74) is 4.01. The molecule has 114 valence electrons. The van der Waals surface area contributed by atoms with Gasteiger partial charge >= 0.3 is 0 Å². The number of benzene rings is 2. The number of aryl methyl sites for hydroxylation is 1. The topological polar surface area (TPSA) is 32.3 Å². The van der Waals surface area contributed by atoms with Gasteiger partial charge in [-0.25, -0.2) is 0 Å². The van der Waals surface area contributed by atoms with Crippen molar-refractivity contribution in [1.29, 1.82) is 0 Å². The molecule has 3 heteroatoms. The summed E-state index contributed by atoms with van der Waals surface area (Å²) < 4.78 is 0. The molecule has 2 aromatic carbocycles. The Balaban J connectivity index is 2.06. The number of anilines is 1. The van der Waals surface area contributed by atoms with Gasteiger partial charge in [0.25, 0.3) is 5.91 Å². The van der Waals surface area contributed by atoms with Crippen molar-refractivity contribution in [3.8, 4) is 0 Å². The van der Waals surface area contributed by atoms with Crippen LogP contribution in [0.3, 0.4) is 0 Å². The molecule has 22 heavy (non-hydrogen) atoms. The van der Waals surface area contributed by atoms with Crippen LogP contribution in [0.2, 0.25) is 0 Å². The number of carbonyl (C=O) groups is 1. The molecule has 0 saturated carbocycles. The maximum absolute atomic E-state index is 13.0. The van der Waals surface area contributed by atoms with E-state index in [0.717, 1.165) is 23.2 Å². The minimum absolute atomic E-state index is 0.106. The average molecular weight is 294 g/mol. The Labute approximate surface area is 132 Å². The third-order valence-corrected chi connectivity index (χ3v) is 4.42. The lowest BCUT2D eigenvalue weighted by atomic mass is 10.0. The van der Waals surface area contributed by atoms with Gasteiger partial charge < -0.3 is 10.2 Å². The van der Waals surface area contributed by atoms with Gasteiger partial charge in [0.15, 0.2) is 0 Å². The van der Waals surface area contributed by atoms with E-state index in [1.807, 2.05) is 29.2 Å². The SMILES string of the molecule is CC[C@@H](C)N1C(=O)c2ccccc2N[C@H]1c1ccc(C)cc1. The van der Waals surface area contributed by atoms with Gasteiger partial charge in [0.1, 0.15) is 6.17 Å².